The van der Waals surface area contributed by atoms with Gasteiger partial charge in [0, 0.05) is 28.2 Å². The molecule has 0 amide bonds. The molecule has 0 spiro atoms. The number of hydrogen-bond acceptors (Lipinski definition) is 3. The predicted octanol–water partition coefficient (Wildman–Crippen LogP) is 3.13. The molecule has 0 unspecified atom stereocenters. The molecule has 0 radical (unpaired) electrons. The fourth-order valence-electron chi connectivity index (χ4n) is 0.951. The molecule has 0 N–H and O–H groups in total. The summed E-state index contributed by atoms with van der Waals surface area (Å²) in [7, 11) is 0. The largest absolute Gasteiger partial charge is 0.412 e. The van der Waals surface area contributed by atoms with Crippen LogP contribution in [0.1, 0.15) is 0 Å². The summed E-state index contributed by atoms with van der Waals surface area (Å²) >= 11 is 7.50. The Labute approximate surface area is 97.4 Å². The number of benzene rings is 1. The van der Waals surface area contributed by atoms with Crippen molar-refractivity contribution in [2.45, 2.75) is 0 Å². The summed E-state index contributed by atoms with van der Waals surface area (Å²) in [6.07, 6.45) is 0. The van der Waals surface area contributed by atoms with Crippen molar-refractivity contribution < 1.29 is 8.81 Å². The number of rotatable bonds is 1. The smallest absolute Gasteiger partial charge is 0.278 e. The number of hydrogen-bond donors (Lipinski definition) is 0. The van der Waals surface area contributed by atoms with E-state index in [4.69, 9.17) is 16.0 Å². The fourth-order valence-corrected chi connectivity index (χ4v) is 1.45. The van der Waals surface area contributed by atoms with E-state index in [2.05, 4.69) is 10.2 Å². The molecule has 3 nitrogen and oxygen atoms in total. The SMILES string of the molecule is Fc1ccc(-c2nnc(I)o2)cc1Cl. The van der Waals surface area contributed by atoms with E-state index in [1.807, 2.05) is 22.6 Å². The second kappa shape index (κ2) is 3.82. The van der Waals surface area contributed by atoms with E-state index in [-0.39, 0.29) is 5.02 Å². The van der Waals surface area contributed by atoms with Crippen molar-refractivity contribution in [2.75, 3.05) is 0 Å². The van der Waals surface area contributed by atoms with Crippen LogP contribution in [0.5, 0.6) is 0 Å². The third-order valence-electron chi connectivity index (χ3n) is 1.57. The standard InChI is InChI=1S/C8H3ClFIN2O/c9-5-3-4(1-2-6(5)10)7-12-13-8(11)14-7/h1-3H. The Bertz CT molecular complexity index is 474. The first kappa shape index (κ1) is 9.85. The number of aromatic nitrogens is 2. The molecule has 0 saturated carbocycles. The zero-order valence-corrected chi connectivity index (χ0v) is 9.58. The summed E-state index contributed by atoms with van der Waals surface area (Å²) in [6, 6.07) is 4.24. The van der Waals surface area contributed by atoms with E-state index < -0.39 is 5.82 Å². The van der Waals surface area contributed by atoms with Gasteiger partial charge in [-0.05, 0) is 18.2 Å². The van der Waals surface area contributed by atoms with Gasteiger partial charge in [0.15, 0.2) is 0 Å². The zero-order valence-electron chi connectivity index (χ0n) is 6.67. The average molecular weight is 324 g/mol. The lowest BCUT2D eigenvalue weighted by atomic mass is 10.2. The van der Waals surface area contributed by atoms with E-state index in [0.717, 1.165) is 0 Å². The van der Waals surface area contributed by atoms with Gasteiger partial charge >= 0.3 is 0 Å². The molecule has 0 saturated heterocycles. The summed E-state index contributed by atoms with van der Waals surface area (Å²) in [5.41, 5.74) is 0.604. The van der Waals surface area contributed by atoms with Gasteiger partial charge in [-0.3, -0.25) is 0 Å². The van der Waals surface area contributed by atoms with Crippen LogP contribution in [0, 0.1) is 9.71 Å². The quantitative estimate of drug-likeness (QED) is 0.757. The molecule has 1 aromatic heterocycles. The maximum Gasteiger partial charge on any atom is 0.278 e. The Morgan fingerprint density at radius 2 is 2.14 bits per heavy atom. The lowest BCUT2D eigenvalue weighted by Gasteiger charge is -1.96. The Morgan fingerprint density at radius 1 is 1.36 bits per heavy atom. The topological polar surface area (TPSA) is 38.9 Å². The van der Waals surface area contributed by atoms with Crippen LogP contribution in [-0.4, -0.2) is 10.2 Å². The van der Waals surface area contributed by atoms with Gasteiger partial charge in [-0.2, -0.15) is 0 Å². The van der Waals surface area contributed by atoms with Crippen molar-refractivity contribution in [1.82, 2.24) is 10.2 Å². The van der Waals surface area contributed by atoms with Gasteiger partial charge in [0.05, 0.1) is 5.02 Å². The van der Waals surface area contributed by atoms with Crippen molar-refractivity contribution in [1.29, 1.82) is 0 Å². The molecule has 14 heavy (non-hydrogen) atoms. The van der Waals surface area contributed by atoms with Crippen molar-refractivity contribution in [3.05, 3.63) is 32.9 Å². The van der Waals surface area contributed by atoms with Crippen LogP contribution in [-0.2, 0) is 0 Å². The van der Waals surface area contributed by atoms with Gasteiger partial charge in [-0.25, -0.2) is 4.39 Å². The molecule has 1 aromatic carbocycles. The van der Waals surface area contributed by atoms with Crippen molar-refractivity contribution in [3.63, 3.8) is 0 Å². The van der Waals surface area contributed by atoms with E-state index in [9.17, 15) is 4.39 Å². The molecule has 0 atom stereocenters. The van der Waals surface area contributed by atoms with Gasteiger partial charge in [-0.1, -0.05) is 11.6 Å². The van der Waals surface area contributed by atoms with Crippen LogP contribution < -0.4 is 0 Å². The molecule has 0 bridgehead atoms. The first-order valence-electron chi connectivity index (χ1n) is 3.61. The summed E-state index contributed by atoms with van der Waals surface area (Å²) < 4.78 is 18.4. The first-order chi connectivity index (χ1) is 6.66. The highest BCUT2D eigenvalue weighted by molar-refractivity contribution is 14.1. The number of halogens is 3. The highest BCUT2D eigenvalue weighted by Gasteiger charge is 2.08. The average Bonchev–Trinajstić information content (AvgIpc) is 2.57. The van der Waals surface area contributed by atoms with E-state index in [1.54, 1.807) is 0 Å². The van der Waals surface area contributed by atoms with E-state index in [1.165, 1.54) is 18.2 Å². The Hall–Kier alpha value is -0.690. The molecule has 72 valence electrons. The maximum atomic E-state index is 12.8. The van der Waals surface area contributed by atoms with Gasteiger partial charge < -0.3 is 4.42 Å². The Morgan fingerprint density at radius 3 is 2.71 bits per heavy atom. The lowest BCUT2D eigenvalue weighted by molar-refractivity contribution is 0.536. The van der Waals surface area contributed by atoms with Crippen LogP contribution >= 0.6 is 34.2 Å². The van der Waals surface area contributed by atoms with Gasteiger partial charge in [0.1, 0.15) is 5.82 Å². The summed E-state index contributed by atoms with van der Waals surface area (Å²) in [5.74, 6) is -0.138. The molecular formula is C8H3ClFIN2O. The maximum absolute atomic E-state index is 12.8. The highest BCUT2D eigenvalue weighted by atomic mass is 127. The minimum atomic E-state index is -0.468. The monoisotopic (exact) mass is 324 g/mol. The molecule has 0 fully saturated rings. The minimum Gasteiger partial charge on any atom is -0.412 e. The van der Waals surface area contributed by atoms with E-state index in [0.29, 0.717) is 15.4 Å². The molecule has 6 heteroatoms. The van der Waals surface area contributed by atoms with Gasteiger partial charge in [-0.15, -0.1) is 10.2 Å². The van der Waals surface area contributed by atoms with Crippen LogP contribution in [0.15, 0.2) is 22.6 Å². The van der Waals surface area contributed by atoms with Crippen molar-refractivity contribution in [3.8, 4) is 11.5 Å². The summed E-state index contributed by atoms with van der Waals surface area (Å²) in [6.45, 7) is 0. The Balaban J connectivity index is 2.47. The Kier molecular flexibility index (Phi) is 2.69. The highest BCUT2D eigenvalue weighted by Crippen LogP contribution is 2.23. The molecule has 1 heterocycles. The first-order valence-corrected chi connectivity index (χ1v) is 5.07. The lowest BCUT2D eigenvalue weighted by Crippen LogP contribution is -1.81. The summed E-state index contributed by atoms with van der Waals surface area (Å²) in [4.78, 5) is 0. The third kappa shape index (κ3) is 1.88. The van der Waals surface area contributed by atoms with Gasteiger partial charge in [0.25, 0.3) is 3.90 Å². The minimum absolute atomic E-state index is 0.0377. The second-order valence-electron chi connectivity index (χ2n) is 2.49. The predicted molar refractivity (Wildman–Crippen MR) is 57.4 cm³/mol. The van der Waals surface area contributed by atoms with Crippen LogP contribution in [0.3, 0.4) is 0 Å². The van der Waals surface area contributed by atoms with Crippen LogP contribution in [0.25, 0.3) is 11.5 Å². The zero-order chi connectivity index (χ0) is 10.1. The third-order valence-corrected chi connectivity index (χ3v) is 2.29. The summed E-state index contributed by atoms with van der Waals surface area (Å²) in [5, 5.41) is 7.47. The molecule has 2 aromatic rings. The van der Waals surface area contributed by atoms with Crippen LogP contribution in [0.4, 0.5) is 4.39 Å². The van der Waals surface area contributed by atoms with Crippen molar-refractivity contribution >= 4 is 34.2 Å². The molecule has 0 aliphatic carbocycles. The van der Waals surface area contributed by atoms with Crippen LogP contribution in [0.2, 0.25) is 5.02 Å². The van der Waals surface area contributed by atoms with E-state index >= 15 is 0 Å². The fraction of sp³-hybridized carbons (Fsp3) is 0. The molecule has 0 aliphatic heterocycles. The molecule has 0 aliphatic rings. The number of nitrogens with zero attached hydrogens (tertiary/aromatic N) is 2. The van der Waals surface area contributed by atoms with Gasteiger partial charge in [0.2, 0.25) is 5.89 Å². The second-order valence-corrected chi connectivity index (χ2v) is 3.82. The molecular weight excluding hydrogens is 321 g/mol. The normalized spacial score (nSPS) is 10.5. The van der Waals surface area contributed by atoms with Crippen molar-refractivity contribution in [2.24, 2.45) is 0 Å². The molecule has 2 rings (SSSR count).